The summed E-state index contributed by atoms with van der Waals surface area (Å²) >= 11 is 0. The molecule has 7 heteroatoms. The van der Waals surface area contributed by atoms with E-state index in [0.29, 0.717) is 5.95 Å². The maximum Gasteiger partial charge on any atom is 0.263 e. The van der Waals surface area contributed by atoms with Crippen LogP contribution in [0, 0.1) is 19.3 Å². The zero-order valence-corrected chi connectivity index (χ0v) is 9.06. The van der Waals surface area contributed by atoms with Crippen molar-refractivity contribution in [3.05, 3.63) is 17.5 Å². The molecule has 1 aromatic heterocycles. The van der Waals surface area contributed by atoms with Gasteiger partial charge in [0.05, 0.1) is 0 Å². The van der Waals surface area contributed by atoms with Crippen LogP contribution in [0.5, 0.6) is 0 Å². The van der Waals surface area contributed by atoms with Crippen molar-refractivity contribution >= 4 is 17.8 Å². The largest absolute Gasteiger partial charge is 0.271 e. The highest BCUT2D eigenvalue weighted by atomic mass is 16.2. The van der Waals surface area contributed by atoms with Gasteiger partial charge in [-0.25, -0.2) is 20.8 Å². The molecule has 1 saturated heterocycles. The Hall–Kier alpha value is -2.02. The van der Waals surface area contributed by atoms with E-state index in [0.717, 1.165) is 16.4 Å². The second kappa shape index (κ2) is 3.53. The van der Waals surface area contributed by atoms with Crippen molar-refractivity contribution in [2.24, 2.45) is 5.84 Å². The lowest BCUT2D eigenvalue weighted by atomic mass is 10.3. The molecule has 2 heterocycles. The molecule has 0 radical (unpaired) electrons. The highest BCUT2D eigenvalue weighted by molar-refractivity contribution is 6.11. The minimum atomic E-state index is -0.340. The molecule has 0 bridgehead atoms. The number of rotatable bonds is 1. The predicted molar refractivity (Wildman–Crippen MR) is 57.6 cm³/mol. The van der Waals surface area contributed by atoms with E-state index in [1.54, 1.807) is 0 Å². The molecule has 3 N–H and O–H groups in total. The molecule has 0 aromatic carbocycles. The number of hydrazine groups is 1. The number of carbonyl (C=O) groups excluding carboxylic acids is 1. The SMILES string of the molecule is Cc1cc(C)nc(N2CC(=O)N(N)C2=N)n1. The topological polar surface area (TPSA) is 99.2 Å². The minimum Gasteiger partial charge on any atom is -0.271 e. The van der Waals surface area contributed by atoms with E-state index in [1.165, 1.54) is 4.90 Å². The standard InChI is InChI=1S/C9H12N6O/c1-5-3-6(2)13-9(12-5)14-4-7(16)15(11)8(14)10/h3,10H,4,11H2,1-2H3. The third-order valence-electron chi connectivity index (χ3n) is 2.26. The highest BCUT2D eigenvalue weighted by Gasteiger charge is 2.33. The van der Waals surface area contributed by atoms with Gasteiger partial charge in [0.25, 0.3) is 5.91 Å². The summed E-state index contributed by atoms with van der Waals surface area (Å²) in [6, 6.07) is 1.82. The number of nitrogens with two attached hydrogens (primary N) is 1. The second-order valence-electron chi connectivity index (χ2n) is 3.62. The Labute approximate surface area is 92.4 Å². The van der Waals surface area contributed by atoms with Crippen LogP contribution in [0.25, 0.3) is 0 Å². The Morgan fingerprint density at radius 1 is 1.38 bits per heavy atom. The number of aromatic nitrogens is 2. The summed E-state index contributed by atoms with van der Waals surface area (Å²) in [5, 5.41) is 8.44. The van der Waals surface area contributed by atoms with E-state index in [-0.39, 0.29) is 18.4 Å². The van der Waals surface area contributed by atoms with Gasteiger partial charge in [0.2, 0.25) is 11.9 Å². The van der Waals surface area contributed by atoms with Gasteiger partial charge in [-0.15, -0.1) is 0 Å². The molecule has 16 heavy (non-hydrogen) atoms. The van der Waals surface area contributed by atoms with Crippen molar-refractivity contribution in [2.75, 3.05) is 11.4 Å². The molecule has 7 nitrogen and oxygen atoms in total. The lowest BCUT2D eigenvalue weighted by molar-refractivity contribution is -0.124. The van der Waals surface area contributed by atoms with Gasteiger partial charge in [-0.2, -0.15) is 0 Å². The first-order valence-corrected chi connectivity index (χ1v) is 4.75. The lowest BCUT2D eigenvalue weighted by Gasteiger charge is -2.15. The number of anilines is 1. The Kier molecular flexibility index (Phi) is 2.31. The van der Waals surface area contributed by atoms with Gasteiger partial charge in [-0.3, -0.25) is 15.1 Å². The molecule has 2 rings (SSSR count). The number of nitrogens with one attached hydrogen (secondary N) is 1. The van der Waals surface area contributed by atoms with Crippen molar-refractivity contribution in [3.63, 3.8) is 0 Å². The summed E-state index contributed by atoms with van der Waals surface area (Å²) in [5.41, 5.74) is 1.58. The average Bonchev–Trinajstić information content (AvgIpc) is 2.44. The first-order chi connectivity index (χ1) is 7.49. The van der Waals surface area contributed by atoms with Gasteiger partial charge in [-0.05, 0) is 19.9 Å². The fourth-order valence-electron chi connectivity index (χ4n) is 1.53. The second-order valence-corrected chi connectivity index (χ2v) is 3.62. The number of hydrogen-bond acceptors (Lipinski definition) is 5. The predicted octanol–water partition coefficient (Wildman–Crippen LogP) is -0.449. The molecule has 84 valence electrons. The number of aryl methyl sites for hydroxylation is 2. The number of guanidine groups is 1. The van der Waals surface area contributed by atoms with E-state index in [1.807, 2.05) is 19.9 Å². The molecule has 0 aliphatic carbocycles. The molecule has 1 aliphatic rings. The van der Waals surface area contributed by atoms with Crippen molar-refractivity contribution in [1.82, 2.24) is 15.0 Å². The first-order valence-electron chi connectivity index (χ1n) is 4.75. The fraction of sp³-hybridized carbons (Fsp3) is 0.333. The van der Waals surface area contributed by atoms with Gasteiger partial charge in [-0.1, -0.05) is 0 Å². The van der Waals surface area contributed by atoms with Gasteiger partial charge in [0.1, 0.15) is 6.54 Å². The molecule has 1 amide bonds. The number of carbonyl (C=O) groups is 1. The Morgan fingerprint density at radius 2 is 1.94 bits per heavy atom. The summed E-state index contributed by atoms with van der Waals surface area (Å²) in [6.45, 7) is 3.68. The minimum absolute atomic E-state index is 0.0121. The van der Waals surface area contributed by atoms with E-state index in [2.05, 4.69) is 9.97 Å². The molecule has 0 atom stereocenters. The van der Waals surface area contributed by atoms with Crippen LogP contribution in [0.2, 0.25) is 0 Å². The molecule has 1 aromatic rings. The van der Waals surface area contributed by atoms with E-state index in [9.17, 15) is 4.79 Å². The van der Waals surface area contributed by atoms with Crippen LogP contribution in [-0.2, 0) is 4.79 Å². The Balaban J connectivity index is 2.38. The van der Waals surface area contributed by atoms with Gasteiger partial charge in [0, 0.05) is 11.4 Å². The highest BCUT2D eigenvalue weighted by Crippen LogP contribution is 2.15. The average molecular weight is 220 g/mol. The third-order valence-corrected chi connectivity index (χ3v) is 2.26. The van der Waals surface area contributed by atoms with Crippen LogP contribution in [0.15, 0.2) is 6.07 Å². The molecule has 0 unspecified atom stereocenters. The summed E-state index contributed by atoms with van der Waals surface area (Å²) < 4.78 is 0. The van der Waals surface area contributed by atoms with E-state index < -0.39 is 0 Å². The van der Waals surface area contributed by atoms with Crippen molar-refractivity contribution in [3.8, 4) is 0 Å². The number of amides is 1. The van der Waals surface area contributed by atoms with Crippen molar-refractivity contribution < 1.29 is 4.79 Å². The van der Waals surface area contributed by atoms with Gasteiger partial charge < -0.3 is 0 Å². The summed E-state index contributed by atoms with van der Waals surface area (Å²) in [4.78, 5) is 21.0. The Bertz CT molecular complexity index is 451. The number of hydrogen-bond donors (Lipinski definition) is 2. The smallest absolute Gasteiger partial charge is 0.263 e. The van der Waals surface area contributed by atoms with Crippen LogP contribution in [0.1, 0.15) is 11.4 Å². The summed E-state index contributed by atoms with van der Waals surface area (Å²) in [7, 11) is 0. The summed E-state index contributed by atoms with van der Waals surface area (Å²) in [5.74, 6) is 5.28. The normalized spacial score (nSPS) is 16.2. The van der Waals surface area contributed by atoms with Gasteiger partial charge >= 0.3 is 0 Å². The zero-order chi connectivity index (χ0) is 11.9. The maximum atomic E-state index is 11.3. The Morgan fingerprint density at radius 3 is 2.38 bits per heavy atom. The molecular formula is C9H12N6O. The molecule has 0 spiro atoms. The van der Waals surface area contributed by atoms with Crippen LogP contribution in [-0.4, -0.2) is 33.4 Å². The quantitative estimate of drug-likeness (QED) is 0.493. The van der Waals surface area contributed by atoms with Crippen LogP contribution >= 0.6 is 0 Å². The molecular weight excluding hydrogens is 208 g/mol. The molecule has 0 saturated carbocycles. The molecule has 1 aliphatic heterocycles. The van der Waals surface area contributed by atoms with Crippen LogP contribution in [0.4, 0.5) is 5.95 Å². The zero-order valence-electron chi connectivity index (χ0n) is 9.06. The van der Waals surface area contributed by atoms with Gasteiger partial charge in [0.15, 0.2) is 0 Å². The number of nitrogens with zero attached hydrogens (tertiary/aromatic N) is 4. The fourth-order valence-corrected chi connectivity index (χ4v) is 1.53. The maximum absolute atomic E-state index is 11.3. The molecule has 1 fully saturated rings. The third kappa shape index (κ3) is 1.61. The monoisotopic (exact) mass is 220 g/mol. The lowest BCUT2D eigenvalue weighted by Crippen LogP contribution is -2.39. The van der Waals surface area contributed by atoms with E-state index in [4.69, 9.17) is 11.3 Å². The summed E-state index contributed by atoms with van der Waals surface area (Å²) in [6.07, 6.45) is 0. The van der Waals surface area contributed by atoms with E-state index >= 15 is 0 Å². The first kappa shape index (κ1) is 10.5. The van der Waals surface area contributed by atoms with Crippen LogP contribution < -0.4 is 10.7 Å². The van der Waals surface area contributed by atoms with Crippen molar-refractivity contribution in [1.29, 1.82) is 5.41 Å². The van der Waals surface area contributed by atoms with Crippen molar-refractivity contribution in [2.45, 2.75) is 13.8 Å². The van der Waals surface area contributed by atoms with Crippen LogP contribution in [0.3, 0.4) is 0 Å².